The van der Waals surface area contributed by atoms with Crippen LogP contribution in [0.2, 0.25) is 0 Å². The van der Waals surface area contributed by atoms with Gasteiger partial charge in [-0.15, -0.1) is 0 Å². The van der Waals surface area contributed by atoms with Crippen LogP contribution in [0.3, 0.4) is 0 Å². The molecule has 0 aliphatic carbocycles. The Kier molecular flexibility index (Phi) is 10.5. The van der Waals surface area contributed by atoms with E-state index < -0.39 is 12.8 Å². The number of hydrogen-bond donors (Lipinski definition) is 2. The van der Waals surface area contributed by atoms with Crippen molar-refractivity contribution < 1.29 is 22.6 Å². The molecule has 0 bridgehead atoms. The SMILES string of the molecule is CCNC(=NCc1cccnc1OCC(F)(F)F)NCCOCCC(C)C. The van der Waals surface area contributed by atoms with Crippen LogP contribution in [0.15, 0.2) is 23.3 Å². The molecule has 0 saturated heterocycles. The summed E-state index contributed by atoms with van der Waals surface area (Å²) in [5.74, 6) is 1.09. The van der Waals surface area contributed by atoms with Gasteiger partial charge < -0.3 is 20.1 Å². The Bertz CT molecular complexity index is 566. The Morgan fingerprint density at radius 2 is 2.04 bits per heavy atom. The molecule has 0 aliphatic heterocycles. The number of aliphatic imine (C=N–C) groups is 1. The van der Waals surface area contributed by atoms with E-state index in [1.807, 2.05) is 6.92 Å². The highest BCUT2D eigenvalue weighted by Crippen LogP contribution is 2.20. The van der Waals surface area contributed by atoms with Gasteiger partial charge >= 0.3 is 6.18 Å². The van der Waals surface area contributed by atoms with Crippen molar-refractivity contribution in [2.75, 3.05) is 32.9 Å². The van der Waals surface area contributed by atoms with Gasteiger partial charge in [-0.1, -0.05) is 19.9 Å². The molecule has 27 heavy (non-hydrogen) atoms. The zero-order valence-electron chi connectivity index (χ0n) is 16.1. The molecule has 1 heterocycles. The highest BCUT2D eigenvalue weighted by Gasteiger charge is 2.29. The molecular weight excluding hydrogens is 361 g/mol. The van der Waals surface area contributed by atoms with Gasteiger partial charge in [0.1, 0.15) is 0 Å². The molecule has 1 rings (SSSR count). The maximum absolute atomic E-state index is 12.3. The van der Waals surface area contributed by atoms with Gasteiger partial charge in [0.15, 0.2) is 12.6 Å². The molecule has 0 amide bonds. The average Bonchev–Trinajstić information content (AvgIpc) is 2.60. The van der Waals surface area contributed by atoms with Gasteiger partial charge in [-0.05, 0) is 25.3 Å². The molecule has 0 radical (unpaired) electrons. The number of halogens is 3. The number of guanidine groups is 1. The summed E-state index contributed by atoms with van der Waals surface area (Å²) in [6.07, 6.45) is -2.02. The molecule has 9 heteroatoms. The molecule has 0 fully saturated rings. The van der Waals surface area contributed by atoms with Crippen molar-refractivity contribution in [3.8, 4) is 5.88 Å². The van der Waals surface area contributed by atoms with Gasteiger partial charge in [0.25, 0.3) is 0 Å². The van der Waals surface area contributed by atoms with E-state index in [1.165, 1.54) is 6.20 Å². The first-order valence-electron chi connectivity index (χ1n) is 9.05. The Morgan fingerprint density at radius 1 is 1.26 bits per heavy atom. The second-order valence-corrected chi connectivity index (χ2v) is 6.29. The third-order valence-electron chi connectivity index (χ3n) is 3.35. The van der Waals surface area contributed by atoms with Crippen LogP contribution >= 0.6 is 0 Å². The van der Waals surface area contributed by atoms with Crippen LogP contribution in [0.4, 0.5) is 13.2 Å². The van der Waals surface area contributed by atoms with Crippen molar-refractivity contribution in [3.63, 3.8) is 0 Å². The molecule has 1 aromatic rings. The molecule has 2 N–H and O–H groups in total. The van der Waals surface area contributed by atoms with Gasteiger partial charge in [-0.2, -0.15) is 13.2 Å². The Hall–Kier alpha value is -2.03. The Balaban J connectivity index is 2.54. The van der Waals surface area contributed by atoms with E-state index in [1.54, 1.807) is 12.1 Å². The zero-order chi connectivity index (χ0) is 20.1. The van der Waals surface area contributed by atoms with Crippen molar-refractivity contribution in [3.05, 3.63) is 23.9 Å². The second kappa shape index (κ2) is 12.4. The summed E-state index contributed by atoms with van der Waals surface area (Å²) in [6, 6.07) is 3.27. The predicted molar refractivity (Wildman–Crippen MR) is 98.9 cm³/mol. The second-order valence-electron chi connectivity index (χ2n) is 6.29. The minimum Gasteiger partial charge on any atom is -0.468 e. The van der Waals surface area contributed by atoms with Gasteiger partial charge in [0.05, 0.1) is 13.2 Å². The normalized spacial score (nSPS) is 12.3. The van der Waals surface area contributed by atoms with Crippen molar-refractivity contribution in [2.24, 2.45) is 10.9 Å². The largest absolute Gasteiger partial charge is 0.468 e. The lowest BCUT2D eigenvalue weighted by atomic mass is 10.1. The standard InChI is InChI=1S/C18H29F3N4O2/c1-4-22-17(24-9-11-26-10-7-14(2)3)25-12-15-6-5-8-23-16(15)27-13-18(19,20)21/h5-6,8,14H,4,7,9-13H2,1-3H3,(H2,22,24,25). The number of pyridine rings is 1. The fourth-order valence-corrected chi connectivity index (χ4v) is 1.99. The first-order chi connectivity index (χ1) is 12.8. The van der Waals surface area contributed by atoms with Gasteiger partial charge in [0, 0.05) is 31.5 Å². The number of nitrogens with zero attached hydrogens (tertiary/aromatic N) is 2. The summed E-state index contributed by atoms with van der Waals surface area (Å²) in [6.45, 7) is 7.46. The molecule has 154 valence electrons. The summed E-state index contributed by atoms with van der Waals surface area (Å²) in [4.78, 5) is 8.24. The zero-order valence-corrected chi connectivity index (χ0v) is 16.1. The van der Waals surface area contributed by atoms with Crippen LogP contribution in [-0.4, -0.2) is 50.0 Å². The van der Waals surface area contributed by atoms with Crippen molar-refractivity contribution in [2.45, 2.75) is 39.9 Å². The van der Waals surface area contributed by atoms with E-state index >= 15 is 0 Å². The minimum absolute atomic E-state index is 0.0635. The third kappa shape index (κ3) is 11.3. The third-order valence-corrected chi connectivity index (χ3v) is 3.35. The molecule has 0 aliphatic rings. The van der Waals surface area contributed by atoms with E-state index in [-0.39, 0.29) is 12.4 Å². The van der Waals surface area contributed by atoms with Crippen LogP contribution in [0.25, 0.3) is 0 Å². The molecular formula is C18H29F3N4O2. The molecule has 0 saturated carbocycles. The lowest BCUT2D eigenvalue weighted by molar-refractivity contribution is -0.154. The average molecular weight is 390 g/mol. The summed E-state index contributed by atoms with van der Waals surface area (Å²) in [7, 11) is 0. The summed E-state index contributed by atoms with van der Waals surface area (Å²) in [5.41, 5.74) is 0.479. The van der Waals surface area contributed by atoms with Crippen molar-refractivity contribution >= 4 is 5.96 Å². The minimum atomic E-state index is -4.41. The first-order valence-corrected chi connectivity index (χ1v) is 9.05. The lowest BCUT2D eigenvalue weighted by Crippen LogP contribution is -2.39. The van der Waals surface area contributed by atoms with Crippen molar-refractivity contribution in [1.82, 2.24) is 15.6 Å². The topological polar surface area (TPSA) is 67.8 Å². The summed E-state index contributed by atoms with van der Waals surface area (Å²) < 4.78 is 47.4. The van der Waals surface area contributed by atoms with E-state index in [0.717, 1.165) is 6.42 Å². The summed E-state index contributed by atoms with van der Waals surface area (Å²) >= 11 is 0. The molecule has 0 unspecified atom stereocenters. The van der Waals surface area contributed by atoms with E-state index in [4.69, 9.17) is 9.47 Å². The Morgan fingerprint density at radius 3 is 2.70 bits per heavy atom. The van der Waals surface area contributed by atoms with Gasteiger partial charge in [-0.3, -0.25) is 0 Å². The highest BCUT2D eigenvalue weighted by atomic mass is 19.4. The Labute approximate surface area is 158 Å². The number of rotatable bonds is 11. The maximum Gasteiger partial charge on any atom is 0.422 e. The number of alkyl halides is 3. The van der Waals surface area contributed by atoms with E-state index in [2.05, 4.69) is 34.5 Å². The monoisotopic (exact) mass is 390 g/mol. The molecule has 0 atom stereocenters. The van der Waals surface area contributed by atoms with Crippen LogP contribution in [0.5, 0.6) is 5.88 Å². The van der Waals surface area contributed by atoms with E-state index in [0.29, 0.717) is 43.7 Å². The van der Waals surface area contributed by atoms with Crippen LogP contribution in [0.1, 0.15) is 32.8 Å². The smallest absolute Gasteiger partial charge is 0.422 e. The van der Waals surface area contributed by atoms with Crippen LogP contribution < -0.4 is 15.4 Å². The fraction of sp³-hybridized carbons (Fsp3) is 0.667. The molecule has 0 aromatic carbocycles. The first kappa shape index (κ1) is 23.0. The maximum atomic E-state index is 12.3. The van der Waals surface area contributed by atoms with Gasteiger partial charge in [0.2, 0.25) is 5.88 Å². The van der Waals surface area contributed by atoms with E-state index in [9.17, 15) is 13.2 Å². The van der Waals surface area contributed by atoms with Crippen LogP contribution in [0, 0.1) is 5.92 Å². The summed E-state index contributed by atoms with van der Waals surface area (Å²) in [5, 5.41) is 6.21. The lowest BCUT2D eigenvalue weighted by Gasteiger charge is -2.13. The molecule has 6 nitrogen and oxygen atoms in total. The fourth-order valence-electron chi connectivity index (χ4n) is 1.99. The number of ether oxygens (including phenoxy) is 2. The highest BCUT2D eigenvalue weighted by molar-refractivity contribution is 5.79. The molecule has 1 aromatic heterocycles. The predicted octanol–water partition coefficient (Wildman–Crippen LogP) is 3.14. The quantitative estimate of drug-likeness (QED) is 0.345. The molecule has 0 spiro atoms. The van der Waals surface area contributed by atoms with Crippen molar-refractivity contribution in [1.29, 1.82) is 0 Å². The number of hydrogen-bond acceptors (Lipinski definition) is 4. The van der Waals surface area contributed by atoms with Gasteiger partial charge in [-0.25, -0.2) is 9.98 Å². The number of nitrogens with one attached hydrogen (secondary N) is 2. The van der Waals surface area contributed by atoms with Crippen LogP contribution in [-0.2, 0) is 11.3 Å². The number of aromatic nitrogens is 1.